The fourth-order valence-corrected chi connectivity index (χ4v) is 3.26. The van der Waals surface area contributed by atoms with Crippen molar-refractivity contribution in [2.45, 2.75) is 32.6 Å². The van der Waals surface area contributed by atoms with Crippen molar-refractivity contribution in [2.24, 2.45) is 0 Å². The SMILES string of the molecule is CCCCCc1cc2c(cc1O)oc(=O)c1oc3ccccc3c12. The average Bonchev–Trinajstić information content (AvgIpc) is 2.97. The zero-order valence-corrected chi connectivity index (χ0v) is 13.5. The molecule has 0 amide bonds. The number of hydrogen-bond donors (Lipinski definition) is 1. The molecule has 0 saturated heterocycles. The number of phenolic OH excluding ortho intramolecular Hbond substituents is 1. The van der Waals surface area contributed by atoms with E-state index in [2.05, 4.69) is 6.92 Å². The van der Waals surface area contributed by atoms with Crippen LogP contribution < -0.4 is 5.63 Å². The van der Waals surface area contributed by atoms with Crippen molar-refractivity contribution in [3.8, 4) is 5.75 Å². The van der Waals surface area contributed by atoms with E-state index >= 15 is 0 Å². The molecule has 0 aliphatic carbocycles. The van der Waals surface area contributed by atoms with Gasteiger partial charge < -0.3 is 13.9 Å². The summed E-state index contributed by atoms with van der Waals surface area (Å²) in [7, 11) is 0. The summed E-state index contributed by atoms with van der Waals surface area (Å²) in [4.78, 5) is 12.2. The molecular weight excluding hydrogens is 304 g/mol. The monoisotopic (exact) mass is 322 g/mol. The Hall–Kier alpha value is -2.75. The standard InChI is InChI=1S/C20H18O4/c1-2-3-4-7-12-10-14-17(11-15(12)21)24-20(22)19-18(14)13-8-5-6-9-16(13)23-19/h5-6,8-11,21H,2-4,7H2,1H3. The van der Waals surface area contributed by atoms with E-state index in [1.807, 2.05) is 30.3 Å². The van der Waals surface area contributed by atoms with Gasteiger partial charge in [0.2, 0.25) is 5.58 Å². The van der Waals surface area contributed by atoms with Crippen molar-refractivity contribution in [3.05, 3.63) is 52.4 Å². The number of fused-ring (bicyclic) bond motifs is 5. The lowest BCUT2D eigenvalue weighted by Gasteiger charge is -2.07. The van der Waals surface area contributed by atoms with Gasteiger partial charge in [-0.05, 0) is 30.5 Å². The predicted octanol–water partition coefficient (Wildman–Crippen LogP) is 5.13. The Labute approximate surface area is 138 Å². The first-order valence-corrected chi connectivity index (χ1v) is 8.29. The Bertz CT molecular complexity index is 1100. The highest BCUT2D eigenvalue weighted by molar-refractivity contribution is 6.17. The Morgan fingerprint density at radius 3 is 2.67 bits per heavy atom. The highest BCUT2D eigenvalue weighted by atomic mass is 16.4. The van der Waals surface area contributed by atoms with Gasteiger partial charge >= 0.3 is 5.63 Å². The van der Waals surface area contributed by atoms with E-state index in [-0.39, 0.29) is 11.3 Å². The fourth-order valence-electron chi connectivity index (χ4n) is 3.26. The summed E-state index contributed by atoms with van der Waals surface area (Å²) >= 11 is 0. The van der Waals surface area contributed by atoms with E-state index in [0.717, 1.165) is 47.4 Å². The lowest BCUT2D eigenvalue weighted by Crippen LogP contribution is -1.98. The van der Waals surface area contributed by atoms with Gasteiger partial charge in [-0.3, -0.25) is 0 Å². The molecule has 122 valence electrons. The molecule has 0 aliphatic rings. The largest absolute Gasteiger partial charge is 0.508 e. The van der Waals surface area contributed by atoms with Crippen molar-refractivity contribution in [2.75, 3.05) is 0 Å². The molecule has 4 heteroatoms. The molecule has 4 aromatic rings. The molecule has 24 heavy (non-hydrogen) atoms. The number of unbranched alkanes of at least 4 members (excludes halogenated alkanes) is 2. The number of aryl methyl sites for hydroxylation is 1. The maximum atomic E-state index is 12.2. The zero-order chi connectivity index (χ0) is 16.7. The van der Waals surface area contributed by atoms with Gasteiger partial charge in [0, 0.05) is 22.2 Å². The van der Waals surface area contributed by atoms with Crippen LogP contribution in [0.1, 0.15) is 31.7 Å². The zero-order valence-electron chi connectivity index (χ0n) is 13.5. The van der Waals surface area contributed by atoms with Gasteiger partial charge in [-0.25, -0.2) is 4.79 Å². The van der Waals surface area contributed by atoms with Crippen LogP contribution in [0.25, 0.3) is 32.9 Å². The molecule has 0 spiro atoms. The minimum atomic E-state index is -0.521. The van der Waals surface area contributed by atoms with Gasteiger partial charge in [0.25, 0.3) is 0 Å². The molecule has 0 aliphatic heterocycles. The summed E-state index contributed by atoms with van der Waals surface area (Å²) in [6.45, 7) is 2.15. The maximum Gasteiger partial charge on any atom is 0.380 e. The van der Waals surface area contributed by atoms with Gasteiger partial charge in [-0.15, -0.1) is 0 Å². The van der Waals surface area contributed by atoms with Gasteiger partial charge in [-0.2, -0.15) is 0 Å². The van der Waals surface area contributed by atoms with E-state index < -0.39 is 5.63 Å². The minimum absolute atomic E-state index is 0.175. The third-order valence-electron chi connectivity index (χ3n) is 4.48. The van der Waals surface area contributed by atoms with Crippen molar-refractivity contribution < 1.29 is 13.9 Å². The molecule has 1 N–H and O–H groups in total. The first-order chi connectivity index (χ1) is 11.7. The molecule has 2 aromatic carbocycles. The third kappa shape index (κ3) is 2.26. The van der Waals surface area contributed by atoms with Crippen molar-refractivity contribution >= 4 is 32.9 Å². The van der Waals surface area contributed by atoms with Crippen LogP contribution >= 0.6 is 0 Å². The number of para-hydroxylation sites is 1. The van der Waals surface area contributed by atoms with Gasteiger partial charge in [0.15, 0.2) is 0 Å². The Morgan fingerprint density at radius 1 is 1.00 bits per heavy atom. The fraction of sp³-hybridized carbons (Fsp3) is 0.250. The topological polar surface area (TPSA) is 63.6 Å². The second kappa shape index (κ2) is 5.71. The smallest absolute Gasteiger partial charge is 0.380 e. The number of furan rings is 1. The van der Waals surface area contributed by atoms with Crippen molar-refractivity contribution in [1.82, 2.24) is 0 Å². The lowest BCUT2D eigenvalue weighted by molar-refractivity contribution is 0.464. The second-order valence-electron chi connectivity index (χ2n) is 6.13. The van der Waals surface area contributed by atoms with Crippen LogP contribution in [0.4, 0.5) is 0 Å². The first-order valence-electron chi connectivity index (χ1n) is 8.29. The Balaban J connectivity index is 2.04. The molecular formula is C20H18O4. The summed E-state index contributed by atoms with van der Waals surface area (Å²) < 4.78 is 11.0. The summed E-state index contributed by atoms with van der Waals surface area (Å²) in [6, 6.07) is 11.0. The molecule has 4 nitrogen and oxygen atoms in total. The molecule has 0 unspecified atom stereocenters. The molecule has 4 rings (SSSR count). The van der Waals surface area contributed by atoms with E-state index in [4.69, 9.17) is 8.83 Å². The molecule has 0 radical (unpaired) electrons. The number of phenols is 1. The number of hydrogen-bond acceptors (Lipinski definition) is 4. The first kappa shape index (κ1) is 14.8. The van der Waals surface area contributed by atoms with Crippen molar-refractivity contribution in [3.63, 3.8) is 0 Å². The Morgan fingerprint density at radius 2 is 1.83 bits per heavy atom. The number of benzene rings is 2. The second-order valence-corrected chi connectivity index (χ2v) is 6.13. The van der Waals surface area contributed by atoms with Crippen LogP contribution in [0, 0.1) is 0 Å². The van der Waals surface area contributed by atoms with E-state index in [1.54, 1.807) is 6.07 Å². The summed E-state index contributed by atoms with van der Waals surface area (Å²) in [5, 5.41) is 12.7. The molecule has 2 aromatic heterocycles. The number of aromatic hydroxyl groups is 1. The minimum Gasteiger partial charge on any atom is -0.508 e. The molecule has 0 saturated carbocycles. The summed E-state index contributed by atoms with van der Waals surface area (Å²) in [5.74, 6) is 0.175. The van der Waals surface area contributed by atoms with Gasteiger partial charge in [0.05, 0.1) is 0 Å². The van der Waals surface area contributed by atoms with E-state index in [0.29, 0.717) is 11.2 Å². The van der Waals surface area contributed by atoms with Crippen molar-refractivity contribution in [1.29, 1.82) is 0 Å². The average molecular weight is 322 g/mol. The molecule has 2 heterocycles. The quantitative estimate of drug-likeness (QED) is 0.418. The normalized spacial score (nSPS) is 11.7. The molecule has 0 atom stereocenters. The highest BCUT2D eigenvalue weighted by Gasteiger charge is 2.17. The van der Waals surface area contributed by atoms with Crippen LogP contribution in [0.3, 0.4) is 0 Å². The van der Waals surface area contributed by atoms with Crippen LogP contribution in [0.15, 0.2) is 50.0 Å². The maximum absolute atomic E-state index is 12.2. The van der Waals surface area contributed by atoms with Crippen LogP contribution in [0.5, 0.6) is 5.75 Å². The lowest BCUT2D eigenvalue weighted by atomic mass is 10.0. The van der Waals surface area contributed by atoms with Crippen LogP contribution in [0.2, 0.25) is 0 Å². The van der Waals surface area contributed by atoms with Gasteiger partial charge in [-0.1, -0.05) is 38.0 Å². The summed E-state index contributed by atoms with van der Waals surface area (Å²) in [6.07, 6.45) is 4.05. The third-order valence-corrected chi connectivity index (χ3v) is 4.48. The molecule has 0 fully saturated rings. The van der Waals surface area contributed by atoms with Gasteiger partial charge in [0.1, 0.15) is 16.9 Å². The van der Waals surface area contributed by atoms with Crippen LogP contribution in [-0.4, -0.2) is 5.11 Å². The summed E-state index contributed by atoms with van der Waals surface area (Å²) in [5.41, 5.74) is 1.63. The highest BCUT2D eigenvalue weighted by Crippen LogP contribution is 2.35. The van der Waals surface area contributed by atoms with E-state index in [9.17, 15) is 9.90 Å². The number of rotatable bonds is 4. The van der Waals surface area contributed by atoms with Crippen LogP contribution in [-0.2, 0) is 6.42 Å². The predicted molar refractivity (Wildman–Crippen MR) is 94.7 cm³/mol. The Kier molecular flexibility index (Phi) is 3.53. The molecule has 0 bridgehead atoms. The van der Waals surface area contributed by atoms with E-state index in [1.165, 1.54) is 0 Å².